The number of benzene rings is 1. The summed E-state index contributed by atoms with van der Waals surface area (Å²) < 4.78 is 5.20. The molecule has 1 amide bonds. The number of nitrogens with one attached hydrogen (secondary N) is 1. The average molecular weight is 364 g/mol. The molecule has 0 aliphatic carbocycles. The van der Waals surface area contributed by atoms with Gasteiger partial charge in [0.1, 0.15) is 5.75 Å². The number of fused-ring (bicyclic) bond motifs is 1. The molecular formula is C17H21N3O2S2. The van der Waals surface area contributed by atoms with Crippen molar-refractivity contribution >= 4 is 34.1 Å². The Kier molecular flexibility index (Phi) is 5.76. The van der Waals surface area contributed by atoms with Gasteiger partial charge < -0.3 is 10.1 Å². The number of aromatic nitrogens is 1. The third-order valence-electron chi connectivity index (χ3n) is 3.91. The fraction of sp³-hybridized carbons (Fsp3) is 0.412. The number of carbonyl (C=O) groups is 1. The molecule has 24 heavy (non-hydrogen) atoms. The number of carbonyl (C=O) groups excluding carboxylic acids is 1. The van der Waals surface area contributed by atoms with Gasteiger partial charge in [-0.15, -0.1) is 23.1 Å². The summed E-state index contributed by atoms with van der Waals surface area (Å²) in [6.07, 6.45) is 0.966. The lowest BCUT2D eigenvalue weighted by Crippen LogP contribution is -2.29. The lowest BCUT2D eigenvalue weighted by molar-refractivity contribution is -0.113. The van der Waals surface area contributed by atoms with Gasteiger partial charge in [0.2, 0.25) is 5.91 Å². The smallest absolute Gasteiger partial charge is 0.236 e. The Hall–Kier alpha value is -1.57. The molecular weight excluding hydrogens is 342 g/mol. The van der Waals surface area contributed by atoms with E-state index in [1.807, 2.05) is 24.3 Å². The first-order valence-corrected chi connectivity index (χ1v) is 9.75. The van der Waals surface area contributed by atoms with Gasteiger partial charge in [-0.1, -0.05) is 13.0 Å². The monoisotopic (exact) mass is 363 g/mol. The molecule has 2 aromatic rings. The Labute approximate surface area is 150 Å². The molecule has 0 spiro atoms. The molecule has 0 fully saturated rings. The van der Waals surface area contributed by atoms with Crippen molar-refractivity contribution in [2.24, 2.45) is 0 Å². The first-order chi connectivity index (χ1) is 11.7. The molecule has 0 unspecified atom stereocenters. The molecule has 2 heterocycles. The van der Waals surface area contributed by atoms with Gasteiger partial charge in [0, 0.05) is 29.3 Å². The molecule has 1 aliphatic heterocycles. The van der Waals surface area contributed by atoms with Crippen LogP contribution in [0.4, 0.5) is 5.13 Å². The maximum Gasteiger partial charge on any atom is 0.236 e. The van der Waals surface area contributed by atoms with Crippen LogP contribution >= 0.6 is 23.1 Å². The SMILES string of the molecule is CCN1CCc2nc(NC(=O)CSc3cccc(OC)c3)sc2C1. The number of thiazole rings is 1. The van der Waals surface area contributed by atoms with Gasteiger partial charge in [-0.3, -0.25) is 9.69 Å². The van der Waals surface area contributed by atoms with Gasteiger partial charge in [0.25, 0.3) is 0 Å². The van der Waals surface area contributed by atoms with Crippen molar-refractivity contribution in [2.75, 3.05) is 31.3 Å². The Bertz CT molecular complexity index is 718. The zero-order chi connectivity index (χ0) is 16.9. The number of anilines is 1. The molecule has 128 valence electrons. The molecule has 5 nitrogen and oxygen atoms in total. The standard InChI is InChI=1S/C17H21N3O2S2/c1-3-20-8-7-14-15(10-20)24-17(18-14)19-16(21)11-23-13-6-4-5-12(9-13)22-2/h4-6,9H,3,7-8,10-11H2,1-2H3,(H,18,19,21). The molecule has 1 aromatic heterocycles. The number of rotatable bonds is 6. The number of hydrogen-bond acceptors (Lipinski definition) is 6. The molecule has 0 saturated carbocycles. The van der Waals surface area contributed by atoms with Crippen molar-refractivity contribution in [2.45, 2.75) is 24.8 Å². The molecule has 0 radical (unpaired) electrons. The Morgan fingerprint density at radius 3 is 3.17 bits per heavy atom. The van der Waals surface area contributed by atoms with Crippen LogP contribution in [-0.2, 0) is 17.8 Å². The zero-order valence-corrected chi connectivity index (χ0v) is 15.5. The first-order valence-electron chi connectivity index (χ1n) is 7.95. The highest BCUT2D eigenvalue weighted by Crippen LogP contribution is 2.28. The minimum absolute atomic E-state index is 0.0266. The van der Waals surface area contributed by atoms with E-state index in [-0.39, 0.29) is 5.91 Å². The van der Waals surface area contributed by atoms with Crippen molar-refractivity contribution in [3.63, 3.8) is 0 Å². The predicted molar refractivity (Wildman–Crippen MR) is 99.1 cm³/mol. The van der Waals surface area contributed by atoms with E-state index < -0.39 is 0 Å². The molecule has 0 bridgehead atoms. The second-order valence-electron chi connectivity index (χ2n) is 5.52. The van der Waals surface area contributed by atoms with E-state index in [1.165, 1.54) is 16.6 Å². The van der Waals surface area contributed by atoms with E-state index in [0.29, 0.717) is 10.9 Å². The zero-order valence-electron chi connectivity index (χ0n) is 13.9. The fourth-order valence-electron chi connectivity index (χ4n) is 2.57. The van der Waals surface area contributed by atoms with Crippen LogP contribution in [0.5, 0.6) is 5.75 Å². The second-order valence-corrected chi connectivity index (χ2v) is 7.66. The highest BCUT2D eigenvalue weighted by Gasteiger charge is 2.20. The van der Waals surface area contributed by atoms with Crippen molar-refractivity contribution in [3.05, 3.63) is 34.8 Å². The van der Waals surface area contributed by atoms with Crippen molar-refractivity contribution < 1.29 is 9.53 Å². The van der Waals surface area contributed by atoms with Gasteiger partial charge in [0.05, 0.1) is 18.6 Å². The van der Waals surface area contributed by atoms with Crippen LogP contribution in [0.15, 0.2) is 29.2 Å². The number of likely N-dealkylation sites (N-methyl/N-ethyl adjacent to an activating group) is 1. The maximum atomic E-state index is 12.2. The lowest BCUT2D eigenvalue weighted by Gasteiger charge is -2.23. The lowest BCUT2D eigenvalue weighted by atomic mass is 10.2. The molecule has 1 aromatic carbocycles. The summed E-state index contributed by atoms with van der Waals surface area (Å²) in [5.41, 5.74) is 1.14. The topological polar surface area (TPSA) is 54.5 Å². The van der Waals surface area contributed by atoms with Gasteiger partial charge in [0.15, 0.2) is 5.13 Å². The summed E-state index contributed by atoms with van der Waals surface area (Å²) in [5.74, 6) is 1.13. The third-order valence-corrected chi connectivity index (χ3v) is 5.91. The van der Waals surface area contributed by atoms with E-state index in [1.54, 1.807) is 18.4 Å². The van der Waals surface area contributed by atoms with Crippen LogP contribution in [-0.4, -0.2) is 41.7 Å². The van der Waals surface area contributed by atoms with Gasteiger partial charge in [-0.25, -0.2) is 4.98 Å². The van der Waals surface area contributed by atoms with Crippen LogP contribution in [0.1, 0.15) is 17.5 Å². The Morgan fingerprint density at radius 1 is 1.50 bits per heavy atom. The third kappa shape index (κ3) is 4.28. The minimum atomic E-state index is -0.0266. The number of methoxy groups -OCH3 is 1. The van der Waals surface area contributed by atoms with Crippen LogP contribution < -0.4 is 10.1 Å². The number of thioether (sulfide) groups is 1. The second kappa shape index (κ2) is 8.00. The van der Waals surface area contributed by atoms with E-state index in [0.717, 1.165) is 42.4 Å². The average Bonchev–Trinajstić information content (AvgIpc) is 3.01. The molecule has 1 N–H and O–H groups in total. The van der Waals surface area contributed by atoms with E-state index in [2.05, 4.69) is 22.1 Å². The Balaban J connectivity index is 1.54. The number of amides is 1. The summed E-state index contributed by atoms with van der Waals surface area (Å²) in [6, 6.07) is 7.72. The largest absolute Gasteiger partial charge is 0.497 e. The molecule has 0 saturated heterocycles. The van der Waals surface area contributed by atoms with Crippen molar-refractivity contribution in [1.82, 2.24) is 9.88 Å². The fourth-order valence-corrected chi connectivity index (χ4v) is 4.38. The summed E-state index contributed by atoms with van der Waals surface area (Å²) >= 11 is 3.09. The van der Waals surface area contributed by atoms with E-state index >= 15 is 0 Å². The highest BCUT2D eigenvalue weighted by atomic mass is 32.2. The van der Waals surface area contributed by atoms with Crippen LogP contribution in [0.2, 0.25) is 0 Å². The van der Waals surface area contributed by atoms with Crippen LogP contribution in [0, 0.1) is 0 Å². The maximum absolute atomic E-state index is 12.2. The molecule has 3 rings (SSSR count). The van der Waals surface area contributed by atoms with Gasteiger partial charge >= 0.3 is 0 Å². The number of hydrogen-bond donors (Lipinski definition) is 1. The predicted octanol–water partition coefficient (Wildman–Crippen LogP) is 3.26. The normalized spacial score (nSPS) is 14.2. The molecule has 0 atom stereocenters. The molecule has 7 heteroatoms. The van der Waals surface area contributed by atoms with Crippen molar-refractivity contribution in [3.8, 4) is 5.75 Å². The van der Waals surface area contributed by atoms with E-state index in [9.17, 15) is 4.79 Å². The van der Waals surface area contributed by atoms with Gasteiger partial charge in [-0.2, -0.15) is 0 Å². The summed E-state index contributed by atoms with van der Waals surface area (Å²) in [4.78, 5) is 21.4. The van der Waals surface area contributed by atoms with Crippen molar-refractivity contribution in [1.29, 1.82) is 0 Å². The highest BCUT2D eigenvalue weighted by molar-refractivity contribution is 8.00. The molecule has 1 aliphatic rings. The minimum Gasteiger partial charge on any atom is -0.497 e. The quantitative estimate of drug-likeness (QED) is 0.799. The Morgan fingerprint density at radius 2 is 2.38 bits per heavy atom. The van der Waals surface area contributed by atoms with Gasteiger partial charge in [-0.05, 0) is 24.7 Å². The summed E-state index contributed by atoms with van der Waals surface area (Å²) in [6.45, 7) is 5.21. The summed E-state index contributed by atoms with van der Waals surface area (Å²) in [5, 5.41) is 3.65. The van der Waals surface area contributed by atoms with Crippen LogP contribution in [0.3, 0.4) is 0 Å². The first kappa shape index (κ1) is 17.3. The van der Waals surface area contributed by atoms with Crippen LogP contribution in [0.25, 0.3) is 0 Å². The number of nitrogens with zero attached hydrogens (tertiary/aromatic N) is 2. The number of ether oxygens (including phenoxy) is 1. The summed E-state index contributed by atoms with van der Waals surface area (Å²) in [7, 11) is 1.64. The van der Waals surface area contributed by atoms with E-state index in [4.69, 9.17) is 4.74 Å².